The average Bonchev–Trinajstić information content (AvgIpc) is 1.59. The summed E-state index contributed by atoms with van der Waals surface area (Å²) in [4.78, 5) is 61.1. The van der Waals surface area contributed by atoms with Gasteiger partial charge in [0.05, 0.1) is 63.1 Å². The van der Waals surface area contributed by atoms with E-state index in [0.717, 1.165) is 253 Å². The highest BCUT2D eigenvalue weighted by Crippen LogP contribution is 2.42. The fourth-order valence-electron chi connectivity index (χ4n) is 18.1. The van der Waals surface area contributed by atoms with Crippen molar-refractivity contribution >= 4 is 46.6 Å². The molecule has 8 aliphatic rings. The van der Waals surface area contributed by atoms with Crippen molar-refractivity contribution in [2.45, 2.75) is 294 Å². The van der Waals surface area contributed by atoms with Crippen LogP contribution in [0.25, 0.3) is 45.0 Å². The van der Waals surface area contributed by atoms with Crippen molar-refractivity contribution in [3.63, 3.8) is 0 Å². The Morgan fingerprint density at radius 2 is 0.639 bits per heavy atom. The highest BCUT2D eigenvalue weighted by molar-refractivity contribution is 6.33. The lowest BCUT2D eigenvalue weighted by molar-refractivity contribution is -0.122. The molecule has 8 heterocycles. The highest BCUT2D eigenvalue weighted by atomic mass is 35.5. The number of carbonyl (C=O) groups is 2. The first kappa shape index (κ1) is 91.2. The number of nitrogens with one attached hydrogen (secondary N) is 4. The number of terminal acetylenes is 3. The van der Waals surface area contributed by atoms with E-state index in [4.69, 9.17) is 69.0 Å². The third kappa shape index (κ3) is 27.3. The van der Waals surface area contributed by atoms with E-state index >= 15 is 0 Å². The van der Waals surface area contributed by atoms with E-state index in [1.807, 2.05) is 65.5 Å². The first-order valence-corrected chi connectivity index (χ1v) is 46.9. The maximum absolute atomic E-state index is 14.6. The van der Waals surface area contributed by atoms with Crippen LogP contribution in [-0.2, 0) is 89.1 Å². The molecule has 0 bridgehead atoms. The van der Waals surface area contributed by atoms with Crippen LogP contribution in [0.3, 0.4) is 0 Å². The molecule has 8 fully saturated rings. The van der Waals surface area contributed by atoms with E-state index in [1.165, 1.54) is 113 Å². The van der Waals surface area contributed by atoms with Gasteiger partial charge in [-0.15, -0.1) is 37.0 Å². The molecule has 122 heavy (non-hydrogen) atoms. The van der Waals surface area contributed by atoms with Gasteiger partial charge in [-0.25, -0.2) is 44.3 Å². The van der Waals surface area contributed by atoms with Crippen molar-refractivity contribution in [1.29, 1.82) is 0 Å². The number of aromatic nitrogens is 16. The second-order valence-electron chi connectivity index (χ2n) is 36.2. The molecule has 0 unspecified atom stereocenters. The first-order valence-electron chi connectivity index (χ1n) is 45.8. The number of hydrogen-bond acceptors (Lipinski definition) is 16. The molecule has 2 amide bonds. The summed E-state index contributed by atoms with van der Waals surface area (Å²) in [6.07, 6.45) is 73.0. The Labute approximate surface area is 737 Å². The Morgan fingerprint density at radius 1 is 0.369 bits per heavy atom. The zero-order valence-corrected chi connectivity index (χ0v) is 74.9. The van der Waals surface area contributed by atoms with Crippen LogP contribution in [0, 0.1) is 90.2 Å². The lowest BCUT2D eigenvalue weighted by atomic mass is 9.84. The van der Waals surface area contributed by atoms with Gasteiger partial charge in [0.2, 0.25) is 11.8 Å². The molecule has 26 heteroatoms. The minimum atomic E-state index is -0.358. The van der Waals surface area contributed by atoms with Crippen molar-refractivity contribution in [1.82, 2.24) is 100 Å². The maximum Gasteiger partial charge on any atom is 0.221 e. The van der Waals surface area contributed by atoms with Crippen LogP contribution in [0.2, 0.25) is 15.1 Å². The average molecular weight is 1720 g/mol. The Balaban J connectivity index is 0.000000140. The third-order valence-electron chi connectivity index (χ3n) is 26.3. The van der Waals surface area contributed by atoms with Gasteiger partial charge in [0.1, 0.15) is 29.0 Å². The second kappa shape index (κ2) is 45.4. The molecule has 0 saturated heterocycles. The topological polar surface area (TPSA) is 257 Å². The molecule has 0 aliphatic heterocycles. The van der Waals surface area contributed by atoms with Crippen molar-refractivity contribution in [3.8, 4) is 82.1 Å². The largest absolute Gasteiger partial charge is 0.353 e. The number of aryl methyl sites for hydroxylation is 4. The second-order valence-corrected chi connectivity index (χ2v) is 37.4. The minimum absolute atomic E-state index is 0.0607. The Kier molecular flexibility index (Phi) is 33.9. The van der Waals surface area contributed by atoms with E-state index in [-0.39, 0.29) is 23.7 Å². The summed E-state index contributed by atoms with van der Waals surface area (Å²) in [6, 6.07) is 1.79. The van der Waals surface area contributed by atoms with E-state index in [2.05, 4.69) is 91.3 Å². The van der Waals surface area contributed by atoms with Crippen LogP contribution in [0.5, 0.6) is 0 Å². The smallest absolute Gasteiger partial charge is 0.221 e. The molecule has 8 aliphatic carbocycles. The fraction of sp³-hybridized carbons (Fsp3) is 0.625. The molecular formula is C96H128Cl3FN20O2. The van der Waals surface area contributed by atoms with Gasteiger partial charge >= 0.3 is 0 Å². The van der Waals surface area contributed by atoms with E-state index in [0.29, 0.717) is 87.7 Å². The number of halogens is 4. The van der Waals surface area contributed by atoms with Crippen LogP contribution in [0.1, 0.15) is 265 Å². The van der Waals surface area contributed by atoms with Crippen molar-refractivity contribution in [2.75, 3.05) is 13.1 Å². The van der Waals surface area contributed by atoms with Gasteiger partial charge < -0.3 is 21.3 Å². The number of unbranched alkanes of at least 4 members (excludes halogenated alkanes) is 3. The Morgan fingerprint density at radius 3 is 0.943 bits per heavy atom. The molecule has 22 nitrogen and oxygen atoms in total. The van der Waals surface area contributed by atoms with Crippen LogP contribution in [0.4, 0.5) is 4.39 Å². The minimum Gasteiger partial charge on any atom is -0.353 e. The lowest BCUT2D eigenvalue weighted by Gasteiger charge is -2.29. The van der Waals surface area contributed by atoms with Crippen molar-refractivity contribution in [3.05, 3.63) is 117 Å². The molecule has 8 saturated carbocycles. The van der Waals surface area contributed by atoms with Gasteiger partial charge in [-0.2, -0.15) is 20.4 Å². The zero-order chi connectivity index (χ0) is 85.4. The van der Waals surface area contributed by atoms with Crippen LogP contribution >= 0.6 is 34.8 Å². The molecule has 652 valence electrons. The fourth-order valence-corrected chi connectivity index (χ4v) is 18.6. The number of rotatable bonds is 35. The van der Waals surface area contributed by atoms with Gasteiger partial charge in [0, 0.05) is 174 Å². The normalized spacial score (nSPS) is 21.3. The summed E-state index contributed by atoms with van der Waals surface area (Å²) in [5.41, 5.74) is 11.6. The van der Waals surface area contributed by atoms with Crippen LogP contribution < -0.4 is 21.3 Å². The standard InChI is InChI=1S/C24H34ClN5O.C24H30ClN5O.C24H32ClN5.C24H32FN5/c2*1-3-4-5-23(31)28-18-10-8-17(9-11-18)13-22-26-15-20(25)24(29-22)19-14-27-30(2)21(19)12-16-6-7-16;2*1-3-4-5-12-26-19-10-8-18(9-11-19)14-23-27-16-21(25)24(29-23)20-15-28-30(2)22(20)13-17-6-7-17/h14-18H,3-13H2,1-2H3,(H,28,31);1,14-18H,4-13H2,2H3,(H,28,31);2*1,15-19,26H,4-14H2,2H3. The summed E-state index contributed by atoms with van der Waals surface area (Å²) < 4.78 is 22.4. The summed E-state index contributed by atoms with van der Waals surface area (Å²) in [7, 11) is 7.92. The quantitative estimate of drug-likeness (QED) is 0.0213. The molecule has 0 aromatic carbocycles. The maximum atomic E-state index is 14.6. The summed E-state index contributed by atoms with van der Waals surface area (Å²) in [6.45, 7) is 4.14. The molecule has 8 aromatic rings. The number of hydrogen-bond donors (Lipinski definition) is 4. The molecule has 0 atom stereocenters. The highest BCUT2D eigenvalue weighted by Gasteiger charge is 2.34. The predicted octanol–water partition coefficient (Wildman–Crippen LogP) is 17.7. The van der Waals surface area contributed by atoms with E-state index in [1.54, 1.807) is 24.8 Å². The van der Waals surface area contributed by atoms with Crippen LogP contribution in [-0.4, -0.2) is 128 Å². The summed E-state index contributed by atoms with van der Waals surface area (Å²) in [5, 5.41) is 33.2. The molecular weight excluding hydrogens is 1590 g/mol. The Hall–Kier alpha value is -8.50. The van der Waals surface area contributed by atoms with Crippen molar-refractivity contribution < 1.29 is 14.0 Å². The predicted molar refractivity (Wildman–Crippen MR) is 481 cm³/mol. The summed E-state index contributed by atoms with van der Waals surface area (Å²) >= 11 is 19.5. The molecule has 16 rings (SSSR count). The van der Waals surface area contributed by atoms with Crippen LogP contribution in [0.15, 0.2) is 49.6 Å². The van der Waals surface area contributed by atoms with E-state index in [9.17, 15) is 14.0 Å². The van der Waals surface area contributed by atoms with Gasteiger partial charge in [0.15, 0.2) is 5.82 Å². The first-order chi connectivity index (χ1) is 59.3. The SMILES string of the molecule is C#CCCC(=O)NC1CCC(Cc2ncc(Cl)c(-c3cnn(C)c3CC3CC3)n2)CC1.C#CCCCNC1CCC(Cc2ncc(Cl)c(-c3cnn(C)c3CC3CC3)n2)CC1.C#CCCCNC1CCC(Cc2ncc(F)c(-c3cnn(C)c3CC3CC3)n2)CC1.CCCCC(=O)NC1CCC(Cc2ncc(Cl)c(-c3cnn(C)c3CC3CC3)n2)CC1. The molecule has 0 radical (unpaired) electrons. The molecule has 8 aromatic heterocycles. The lowest BCUT2D eigenvalue weighted by Crippen LogP contribution is -2.37. The summed E-state index contributed by atoms with van der Waals surface area (Å²) in [5.74, 6) is 16.5. The number of amides is 2. The zero-order valence-electron chi connectivity index (χ0n) is 72.7. The molecule has 0 spiro atoms. The Bertz CT molecular complexity index is 4700. The number of nitrogens with zero attached hydrogens (tertiary/aromatic N) is 16. The van der Waals surface area contributed by atoms with E-state index < -0.39 is 0 Å². The van der Waals surface area contributed by atoms with Crippen molar-refractivity contribution in [2.24, 2.45) is 75.5 Å². The molecule has 4 N–H and O–H groups in total. The van der Waals surface area contributed by atoms with Gasteiger partial charge in [0.25, 0.3) is 0 Å². The van der Waals surface area contributed by atoms with Gasteiger partial charge in [-0.05, 0) is 259 Å². The van der Waals surface area contributed by atoms with Gasteiger partial charge in [-0.3, -0.25) is 28.3 Å². The number of carbonyl (C=O) groups excluding carboxylic acids is 2. The van der Waals surface area contributed by atoms with Gasteiger partial charge in [-0.1, -0.05) is 48.1 Å². The monoisotopic (exact) mass is 1720 g/mol. The third-order valence-corrected chi connectivity index (χ3v) is 27.1.